The van der Waals surface area contributed by atoms with Crippen LogP contribution in [-0.4, -0.2) is 11.7 Å². The summed E-state index contributed by atoms with van der Waals surface area (Å²) in [6.45, 7) is 25.7. The highest BCUT2D eigenvalue weighted by atomic mass is 16.5. The van der Waals surface area contributed by atoms with E-state index in [1.165, 1.54) is 44.9 Å². The predicted octanol–water partition coefficient (Wildman–Crippen LogP) is 10.3. The minimum Gasteiger partial charge on any atom is -0.507 e. The summed E-state index contributed by atoms with van der Waals surface area (Å²) in [5.74, 6) is 1.37. The van der Waals surface area contributed by atoms with E-state index < -0.39 is 0 Å². The molecule has 0 spiro atoms. The van der Waals surface area contributed by atoms with Gasteiger partial charge in [0, 0.05) is 11.1 Å². The summed E-state index contributed by atoms with van der Waals surface area (Å²) in [4.78, 5) is 0. The molecule has 0 heterocycles. The summed E-state index contributed by atoms with van der Waals surface area (Å²) in [6, 6.07) is 4.23. The third kappa shape index (κ3) is 11.0. The molecule has 0 unspecified atom stereocenters. The van der Waals surface area contributed by atoms with Crippen LogP contribution in [-0.2, 0) is 10.8 Å². The summed E-state index contributed by atoms with van der Waals surface area (Å²) in [5.41, 5.74) is 2.09. The zero-order valence-electron chi connectivity index (χ0n) is 24.8. The quantitative estimate of drug-likeness (QED) is 0.272. The van der Waals surface area contributed by atoms with Crippen LogP contribution in [0, 0.1) is 10.8 Å². The summed E-state index contributed by atoms with van der Waals surface area (Å²) in [7, 11) is 0. The molecule has 34 heavy (non-hydrogen) atoms. The number of phenolic OH excluding ortho intramolecular Hbond substituents is 1. The third-order valence-corrected chi connectivity index (χ3v) is 6.75. The highest BCUT2D eigenvalue weighted by molar-refractivity contribution is 5.52. The maximum atomic E-state index is 11.6. The van der Waals surface area contributed by atoms with Crippen LogP contribution in [0.1, 0.15) is 151 Å². The Morgan fingerprint density at radius 3 is 1.38 bits per heavy atom. The highest BCUT2D eigenvalue weighted by Crippen LogP contribution is 2.48. The Morgan fingerprint density at radius 2 is 1.00 bits per heavy atom. The van der Waals surface area contributed by atoms with E-state index in [0.717, 1.165) is 42.7 Å². The minimum atomic E-state index is -0.146. The molecule has 0 fully saturated rings. The van der Waals surface area contributed by atoms with E-state index in [2.05, 4.69) is 88.3 Å². The van der Waals surface area contributed by atoms with Gasteiger partial charge in [-0.1, -0.05) is 121 Å². The molecule has 0 saturated heterocycles. The van der Waals surface area contributed by atoms with Crippen molar-refractivity contribution in [2.24, 2.45) is 10.8 Å². The fourth-order valence-corrected chi connectivity index (χ4v) is 5.99. The third-order valence-electron chi connectivity index (χ3n) is 6.75. The second kappa shape index (κ2) is 12.7. The Labute approximate surface area is 213 Å². The van der Waals surface area contributed by atoms with E-state index in [0.29, 0.717) is 5.75 Å². The Bertz CT molecular complexity index is 679. The molecule has 0 aliphatic rings. The van der Waals surface area contributed by atoms with Crippen LogP contribution in [0.2, 0.25) is 0 Å². The molecule has 0 aliphatic carbocycles. The first-order chi connectivity index (χ1) is 15.5. The van der Waals surface area contributed by atoms with Gasteiger partial charge in [0.25, 0.3) is 0 Å². The smallest absolute Gasteiger partial charge is 0.123 e. The molecule has 0 amide bonds. The lowest BCUT2D eigenvalue weighted by atomic mass is 9.68. The van der Waals surface area contributed by atoms with Crippen molar-refractivity contribution in [3.05, 3.63) is 23.3 Å². The molecule has 1 rings (SSSR count). The van der Waals surface area contributed by atoms with Crippen LogP contribution >= 0.6 is 0 Å². The molecule has 0 bridgehead atoms. The van der Waals surface area contributed by atoms with Crippen molar-refractivity contribution < 1.29 is 9.84 Å². The average molecular weight is 475 g/mol. The van der Waals surface area contributed by atoms with Crippen molar-refractivity contribution in [3.63, 3.8) is 0 Å². The number of ether oxygens (including phenoxy) is 1. The second-order valence-corrected chi connectivity index (χ2v) is 14.4. The Kier molecular flexibility index (Phi) is 11.5. The number of aromatic hydroxyl groups is 1. The number of phenols is 1. The van der Waals surface area contributed by atoms with Gasteiger partial charge in [0.05, 0.1) is 6.61 Å². The van der Waals surface area contributed by atoms with Crippen molar-refractivity contribution >= 4 is 0 Å². The summed E-state index contributed by atoms with van der Waals surface area (Å²) < 4.78 is 6.33. The summed E-state index contributed by atoms with van der Waals surface area (Å²) in [5, 5.41) is 11.6. The molecular formula is C32H58O2. The van der Waals surface area contributed by atoms with Gasteiger partial charge in [0.2, 0.25) is 0 Å². The lowest BCUT2D eigenvalue weighted by Crippen LogP contribution is -2.28. The van der Waals surface area contributed by atoms with Crippen molar-refractivity contribution in [2.75, 3.05) is 6.61 Å². The lowest BCUT2D eigenvalue weighted by Gasteiger charge is -2.37. The standard InChI is InChI=1S/C32H58O2/c1-12-13-14-15-16-17-18-19-20-34-25-21-26(31(8,9)23-29(2,3)4)28(33)27(22-25)32(10,11)24-30(5,6)7/h21-22,33H,12-20,23-24H2,1-11H3. The molecule has 2 nitrogen and oxygen atoms in total. The molecule has 0 aliphatic heterocycles. The second-order valence-electron chi connectivity index (χ2n) is 14.4. The minimum absolute atomic E-state index is 0.146. The largest absolute Gasteiger partial charge is 0.507 e. The molecule has 1 aromatic rings. The average Bonchev–Trinajstić information content (AvgIpc) is 2.63. The number of rotatable bonds is 14. The Hall–Kier alpha value is -1.18. The summed E-state index contributed by atoms with van der Waals surface area (Å²) in [6.07, 6.45) is 12.4. The van der Waals surface area contributed by atoms with Gasteiger partial charge >= 0.3 is 0 Å². The molecule has 198 valence electrons. The first-order valence-corrected chi connectivity index (χ1v) is 14.0. The van der Waals surface area contributed by atoms with Crippen molar-refractivity contribution in [2.45, 2.75) is 151 Å². The molecular weight excluding hydrogens is 416 g/mol. The monoisotopic (exact) mass is 474 g/mol. The van der Waals surface area contributed by atoms with Crippen LogP contribution < -0.4 is 4.74 Å². The zero-order chi connectivity index (χ0) is 26.2. The molecule has 2 heteroatoms. The number of hydrogen-bond acceptors (Lipinski definition) is 2. The Morgan fingerprint density at radius 1 is 0.618 bits per heavy atom. The van der Waals surface area contributed by atoms with Crippen LogP contribution in [0.15, 0.2) is 12.1 Å². The van der Waals surface area contributed by atoms with Gasteiger partial charge in [-0.2, -0.15) is 0 Å². The van der Waals surface area contributed by atoms with Crippen LogP contribution in [0.3, 0.4) is 0 Å². The van der Waals surface area contributed by atoms with Gasteiger partial charge in [-0.3, -0.25) is 0 Å². The topological polar surface area (TPSA) is 29.5 Å². The fourth-order valence-electron chi connectivity index (χ4n) is 5.99. The van der Waals surface area contributed by atoms with Crippen molar-refractivity contribution in [3.8, 4) is 11.5 Å². The van der Waals surface area contributed by atoms with Gasteiger partial charge in [0.15, 0.2) is 0 Å². The van der Waals surface area contributed by atoms with E-state index in [1.807, 2.05) is 0 Å². The van der Waals surface area contributed by atoms with E-state index in [9.17, 15) is 5.11 Å². The van der Waals surface area contributed by atoms with Crippen molar-refractivity contribution in [1.82, 2.24) is 0 Å². The van der Waals surface area contributed by atoms with Gasteiger partial charge < -0.3 is 9.84 Å². The molecule has 1 N–H and O–H groups in total. The van der Waals surface area contributed by atoms with E-state index in [-0.39, 0.29) is 21.7 Å². The van der Waals surface area contributed by atoms with Crippen LogP contribution in [0.4, 0.5) is 0 Å². The van der Waals surface area contributed by atoms with Crippen LogP contribution in [0.25, 0.3) is 0 Å². The lowest BCUT2D eigenvalue weighted by molar-refractivity contribution is 0.262. The van der Waals surface area contributed by atoms with Crippen molar-refractivity contribution in [1.29, 1.82) is 0 Å². The maximum Gasteiger partial charge on any atom is 0.123 e. The van der Waals surface area contributed by atoms with Gasteiger partial charge in [-0.15, -0.1) is 0 Å². The van der Waals surface area contributed by atoms with E-state index in [1.54, 1.807) is 0 Å². The van der Waals surface area contributed by atoms with Gasteiger partial charge in [-0.05, 0) is 53.1 Å². The summed E-state index contributed by atoms with van der Waals surface area (Å²) >= 11 is 0. The van der Waals surface area contributed by atoms with Gasteiger partial charge in [0.1, 0.15) is 11.5 Å². The first-order valence-electron chi connectivity index (χ1n) is 14.0. The highest BCUT2D eigenvalue weighted by Gasteiger charge is 2.35. The normalized spacial score (nSPS) is 13.4. The zero-order valence-corrected chi connectivity index (χ0v) is 24.8. The molecule has 0 radical (unpaired) electrons. The Balaban J connectivity index is 3.08. The van der Waals surface area contributed by atoms with Gasteiger partial charge in [-0.25, -0.2) is 0 Å². The molecule has 0 atom stereocenters. The fraction of sp³-hybridized carbons (Fsp3) is 0.812. The number of hydrogen-bond donors (Lipinski definition) is 1. The maximum absolute atomic E-state index is 11.6. The SMILES string of the molecule is CCCCCCCCCCOc1cc(C(C)(C)CC(C)(C)C)c(O)c(C(C)(C)CC(C)(C)C)c1. The molecule has 0 aromatic heterocycles. The number of unbranched alkanes of at least 4 members (excludes halogenated alkanes) is 7. The van der Waals surface area contributed by atoms with E-state index >= 15 is 0 Å². The molecule has 1 aromatic carbocycles. The first kappa shape index (κ1) is 30.9. The number of benzene rings is 1. The predicted molar refractivity (Wildman–Crippen MR) is 150 cm³/mol. The van der Waals surface area contributed by atoms with E-state index in [4.69, 9.17) is 4.74 Å². The van der Waals surface area contributed by atoms with Crippen LogP contribution in [0.5, 0.6) is 11.5 Å². The molecule has 0 saturated carbocycles.